The summed E-state index contributed by atoms with van der Waals surface area (Å²) in [5.74, 6) is 0. The first-order valence-electron chi connectivity index (χ1n) is 17.5. The van der Waals surface area contributed by atoms with Crippen molar-refractivity contribution in [2.24, 2.45) is 5.41 Å². The Balaban J connectivity index is 0.000000175. The molecule has 263 valence electrons. The van der Waals surface area contributed by atoms with E-state index in [0.29, 0.717) is 5.41 Å². The van der Waals surface area contributed by atoms with Gasteiger partial charge in [-0.3, -0.25) is 4.98 Å². The van der Waals surface area contributed by atoms with Crippen molar-refractivity contribution >= 4 is 32.8 Å². The number of nitrogens with zero attached hydrogens (tertiary/aromatic N) is 3. The van der Waals surface area contributed by atoms with Crippen LogP contribution in [-0.4, -0.2) is 15.0 Å². The summed E-state index contributed by atoms with van der Waals surface area (Å²) in [4.78, 5) is 13.7. The molecule has 52 heavy (non-hydrogen) atoms. The molecule has 8 rings (SSSR count). The molecule has 0 aliphatic heterocycles. The second-order valence-electron chi connectivity index (χ2n) is 14.9. The molecule has 8 aromatic rings. The van der Waals surface area contributed by atoms with Crippen LogP contribution >= 0.6 is 0 Å². The molecule has 4 nitrogen and oxygen atoms in total. The van der Waals surface area contributed by atoms with Crippen molar-refractivity contribution in [3.8, 4) is 33.6 Å². The third kappa shape index (κ3) is 7.77. The molecule has 4 aromatic heterocycles. The van der Waals surface area contributed by atoms with Crippen LogP contribution in [0.5, 0.6) is 0 Å². The summed E-state index contributed by atoms with van der Waals surface area (Å²) in [5, 5.41) is 3.20. The summed E-state index contributed by atoms with van der Waals surface area (Å²) in [6, 6.07) is 38.4. The molecule has 0 bridgehead atoms. The Bertz CT molecular complexity index is 2520. The molecule has 1 radical (unpaired) electrons. The quantitative estimate of drug-likeness (QED) is 0.165. The van der Waals surface area contributed by atoms with Gasteiger partial charge in [-0.15, -0.1) is 47.5 Å². The second-order valence-corrected chi connectivity index (χ2v) is 14.9. The van der Waals surface area contributed by atoms with Crippen LogP contribution in [0, 0.1) is 52.2 Å². The average molecular weight is 858 g/mol. The van der Waals surface area contributed by atoms with E-state index >= 15 is 0 Å². The smallest absolute Gasteiger partial charge is 0.130 e. The van der Waals surface area contributed by atoms with E-state index in [4.69, 9.17) is 4.42 Å². The Morgan fingerprint density at radius 1 is 0.654 bits per heavy atom. The molecule has 0 atom stereocenters. The molecule has 0 aliphatic rings. The van der Waals surface area contributed by atoms with E-state index in [1.807, 2.05) is 50.5 Å². The SMILES string of the molecule is Cc1ccc(-c2[c-]ccc3c2oc2c4ccc(C)nc4ccc32)nc1.Cc1cnc(-c2[c-]cc(C)c(-c3ccc(CC(C)(C)C)cc3)c2)cc1C.[Ir]. The van der Waals surface area contributed by atoms with Gasteiger partial charge in [-0.2, -0.15) is 0 Å². The first-order chi connectivity index (χ1) is 24.4. The number of benzene rings is 4. The van der Waals surface area contributed by atoms with E-state index in [2.05, 4.69) is 135 Å². The number of pyridine rings is 3. The van der Waals surface area contributed by atoms with Gasteiger partial charge in [-0.1, -0.05) is 92.2 Å². The first kappa shape index (κ1) is 36.8. The third-order valence-electron chi connectivity index (χ3n) is 9.38. The molecule has 0 spiro atoms. The van der Waals surface area contributed by atoms with Crippen LogP contribution in [0.4, 0.5) is 0 Å². The number of hydrogen-bond acceptors (Lipinski definition) is 4. The van der Waals surface area contributed by atoms with Gasteiger partial charge in [0.05, 0.1) is 11.1 Å². The zero-order chi connectivity index (χ0) is 35.9. The van der Waals surface area contributed by atoms with Crippen molar-refractivity contribution in [1.82, 2.24) is 15.0 Å². The Morgan fingerprint density at radius 3 is 2.10 bits per heavy atom. The maximum absolute atomic E-state index is 6.31. The van der Waals surface area contributed by atoms with Crippen molar-refractivity contribution in [2.45, 2.75) is 61.8 Å². The molecule has 0 unspecified atom stereocenters. The second kappa shape index (κ2) is 14.9. The molecule has 0 aliphatic carbocycles. The summed E-state index contributed by atoms with van der Waals surface area (Å²) in [7, 11) is 0. The molecule has 0 saturated heterocycles. The zero-order valence-corrected chi connectivity index (χ0v) is 33.5. The van der Waals surface area contributed by atoms with Crippen LogP contribution < -0.4 is 0 Å². The van der Waals surface area contributed by atoms with Gasteiger partial charge in [-0.25, -0.2) is 0 Å². The number of aromatic nitrogens is 3. The number of aryl methyl sites for hydroxylation is 5. The Labute approximate surface area is 320 Å². The largest absolute Gasteiger partial charge is 0.500 e. The van der Waals surface area contributed by atoms with Crippen molar-refractivity contribution < 1.29 is 24.5 Å². The van der Waals surface area contributed by atoms with Crippen molar-refractivity contribution in [2.75, 3.05) is 0 Å². The summed E-state index contributed by atoms with van der Waals surface area (Å²) in [5.41, 5.74) is 16.5. The van der Waals surface area contributed by atoms with Gasteiger partial charge in [0.15, 0.2) is 0 Å². The normalized spacial score (nSPS) is 11.4. The monoisotopic (exact) mass is 858 g/mol. The first-order valence-corrected chi connectivity index (χ1v) is 17.5. The molecule has 0 fully saturated rings. The average Bonchev–Trinajstić information content (AvgIpc) is 3.49. The fourth-order valence-electron chi connectivity index (χ4n) is 6.52. The third-order valence-corrected chi connectivity index (χ3v) is 9.38. The number of rotatable bonds is 4. The summed E-state index contributed by atoms with van der Waals surface area (Å²) in [6.07, 6.45) is 4.90. The van der Waals surface area contributed by atoms with Gasteiger partial charge >= 0.3 is 0 Å². The Hall–Kier alpha value is -4.96. The molecule has 0 amide bonds. The topological polar surface area (TPSA) is 51.8 Å². The molecule has 0 saturated carbocycles. The van der Waals surface area contributed by atoms with Gasteiger partial charge in [0.25, 0.3) is 0 Å². The number of furan rings is 1. The van der Waals surface area contributed by atoms with E-state index in [0.717, 1.165) is 73.0 Å². The predicted molar refractivity (Wildman–Crippen MR) is 212 cm³/mol. The summed E-state index contributed by atoms with van der Waals surface area (Å²) < 4.78 is 6.31. The molecular weight excluding hydrogens is 815 g/mol. The van der Waals surface area contributed by atoms with Gasteiger partial charge in [0.2, 0.25) is 0 Å². The maximum atomic E-state index is 6.31. The minimum Gasteiger partial charge on any atom is -0.500 e. The van der Waals surface area contributed by atoms with Crippen LogP contribution in [0.3, 0.4) is 0 Å². The number of hydrogen-bond donors (Lipinski definition) is 0. The van der Waals surface area contributed by atoms with Crippen LogP contribution in [-0.2, 0) is 26.5 Å². The van der Waals surface area contributed by atoms with Crippen LogP contribution in [0.2, 0.25) is 0 Å². The molecular formula is C47H43IrN3O-2. The fraction of sp³-hybridized carbons (Fsp3) is 0.213. The van der Waals surface area contributed by atoms with Gasteiger partial charge in [-0.05, 0) is 97.4 Å². The predicted octanol–water partition coefficient (Wildman–Crippen LogP) is 12.3. The van der Waals surface area contributed by atoms with E-state index in [1.165, 1.54) is 33.4 Å². The molecule has 4 aromatic carbocycles. The number of fused-ring (bicyclic) bond motifs is 5. The van der Waals surface area contributed by atoms with Crippen LogP contribution in [0.1, 0.15) is 54.3 Å². The molecule has 0 N–H and O–H groups in total. The van der Waals surface area contributed by atoms with E-state index in [1.54, 1.807) is 0 Å². The van der Waals surface area contributed by atoms with Gasteiger partial charge in [0.1, 0.15) is 5.58 Å². The molecule has 5 heteroatoms. The summed E-state index contributed by atoms with van der Waals surface area (Å²) >= 11 is 0. The Kier molecular flexibility index (Phi) is 10.6. The minimum absolute atomic E-state index is 0. The standard InChI is InChI=1S/C25H28N.C22H15N2O.Ir/c1-17-7-10-22(24-13-18(2)19(3)16-26-24)14-23(17)21-11-8-20(9-12-21)15-25(4,5)6;1-13-6-10-19(23-12-13)17-5-3-4-15-16-9-11-20-18(8-7-14(2)24-20)22(16)25-21(15)17;/h7-9,11-14,16H,15H2,1-6H3;3-4,6-12H,1-2H3;/q2*-1;. The Morgan fingerprint density at radius 2 is 1.38 bits per heavy atom. The van der Waals surface area contributed by atoms with E-state index in [-0.39, 0.29) is 20.1 Å². The molecule has 4 heterocycles. The van der Waals surface area contributed by atoms with Gasteiger partial charge < -0.3 is 14.4 Å². The zero-order valence-electron chi connectivity index (χ0n) is 31.1. The minimum atomic E-state index is 0. The van der Waals surface area contributed by atoms with E-state index in [9.17, 15) is 0 Å². The van der Waals surface area contributed by atoms with Crippen LogP contribution in [0.25, 0.3) is 66.5 Å². The van der Waals surface area contributed by atoms with Gasteiger partial charge in [0, 0.05) is 49.0 Å². The maximum Gasteiger partial charge on any atom is 0.130 e. The summed E-state index contributed by atoms with van der Waals surface area (Å²) in [6.45, 7) is 17.2. The van der Waals surface area contributed by atoms with Crippen LogP contribution in [0.15, 0.2) is 108 Å². The van der Waals surface area contributed by atoms with Crippen molar-refractivity contribution in [3.05, 3.63) is 149 Å². The van der Waals surface area contributed by atoms with Crippen molar-refractivity contribution in [1.29, 1.82) is 0 Å². The van der Waals surface area contributed by atoms with E-state index < -0.39 is 0 Å². The fourth-order valence-corrected chi connectivity index (χ4v) is 6.52. The van der Waals surface area contributed by atoms with Crippen molar-refractivity contribution in [3.63, 3.8) is 0 Å².